The number of hydrogen-bond donors (Lipinski definition) is 3. The molecule has 0 bridgehead atoms. The molecule has 4 nitrogen and oxygen atoms in total. The van der Waals surface area contributed by atoms with Crippen LogP contribution < -0.4 is 5.32 Å². The molecule has 21 heavy (non-hydrogen) atoms. The Labute approximate surface area is 125 Å². The largest absolute Gasteiger partial charge is 0.383 e. The number of H-pyrrole nitrogens is 1. The molecule has 1 atom stereocenters. The van der Waals surface area contributed by atoms with E-state index in [-0.39, 0.29) is 5.91 Å². The van der Waals surface area contributed by atoms with E-state index in [9.17, 15) is 9.90 Å². The summed E-state index contributed by atoms with van der Waals surface area (Å²) < 4.78 is 0. The number of aryl methyl sites for hydroxylation is 1. The lowest BCUT2D eigenvalue weighted by atomic mass is 9.97. The van der Waals surface area contributed by atoms with E-state index in [1.54, 1.807) is 6.92 Å². The van der Waals surface area contributed by atoms with Crippen LogP contribution in [-0.4, -0.2) is 22.1 Å². The van der Waals surface area contributed by atoms with Gasteiger partial charge in [0.15, 0.2) is 0 Å². The first kappa shape index (κ1) is 15.6. The zero-order valence-electron chi connectivity index (χ0n) is 13.2. The Morgan fingerprint density at radius 3 is 2.67 bits per heavy atom. The highest BCUT2D eigenvalue weighted by molar-refractivity contribution is 5.83. The first-order chi connectivity index (χ1) is 9.92. The fraction of sp³-hybridized carbons (Fsp3) is 0.471. The van der Waals surface area contributed by atoms with Crippen molar-refractivity contribution in [3.8, 4) is 0 Å². The maximum Gasteiger partial charge on any atom is 0.249 e. The molecule has 0 saturated heterocycles. The van der Waals surface area contributed by atoms with Crippen LogP contribution in [0.5, 0.6) is 0 Å². The van der Waals surface area contributed by atoms with E-state index >= 15 is 0 Å². The summed E-state index contributed by atoms with van der Waals surface area (Å²) in [6.07, 6.45) is -0.501. The number of aliphatic hydroxyl groups is 1. The molecule has 2 aromatic rings. The number of fused-ring (bicyclic) bond motifs is 1. The number of amides is 1. The van der Waals surface area contributed by atoms with Crippen LogP contribution in [0.2, 0.25) is 0 Å². The van der Waals surface area contributed by atoms with Gasteiger partial charge in [0.05, 0.1) is 6.54 Å². The van der Waals surface area contributed by atoms with Gasteiger partial charge in [-0.15, -0.1) is 0 Å². The second-order valence-electron chi connectivity index (χ2n) is 5.89. The maximum atomic E-state index is 11.6. The summed E-state index contributed by atoms with van der Waals surface area (Å²) in [4.78, 5) is 14.9. The summed E-state index contributed by atoms with van der Waals surface area (Å²) in [6.45, 7) is 8.68. The second-order valence-corrected chi connectivity index (χ2v) is 5.89. The SMILES string of the molecule is CCC(O)C(=O)NCc1cc2cc(C)c(C(C)C)cc2[nH]1. The zero-order chi connectivity index (χ0) is 15.6. The number of aromatic nitrogens is 1. The predicted molar refractivity (Wildman–Crippen MR) is 85.3 cm³/mol. The molecular weight excluding hydrogens is 264 g/mol. The average Bonchev–Trinajstić information content (AvgIpc) is 2.84. The third-order valence-electron chi connectivity index (χ3n) is 3.83. The number of aromatic amines is 1. The second kappa shape index (κ2) is 6.31. The van der Waals surface area contributed by atoms with Gasteiger partial charge in [0.25, 0.3) is 0 Å². The van der Waals surface area contributed by atoms with Gasteiger partial charge in [0.2, 0.25) is 5.91 Å². The molecule has 2 rings (SSSR count). The van der Waals surface area contributed by atoms with Gasteiger partial charge in [0.1, 0.15) is 6.10 Å². The summed E-state index contributed by atoms with van der Waals surface area (Å²) in [6, 6.07) is 6.40. The van der Waals surface area contributed by atoms with Gasteiger partial charge in [-0.3, -0.25) is 4.79 Å². The van der Waals surface area contributed by atoms with Crippen LogP contribution in [0.1, 0.15) is 49.9 Å². The van der Waals surface area contributed by atoms with Gasteiger partial charge in [-0.25, -0.2) is 0 Å². The molecule has 1 aromatic heterocycles. The van der Waals surface area contributed by atoms with Gasteiger partial charge >= 0.3 is 0 Å². The van der Waals surface area contributed by atoms with E-state index in [1.165, 1.54) is 11.1 Å². The monoisotopic (exact) mass is 288 g/mol. The Hall–Kier alpha value is -1.81. The molecule has 0 spiro atoms. The van der Waals surface area contributed by atoms with Crippen molar-refractivity contribution in [3.63, 3.8) is 0 Å². The molecule has 1 amide bonds. The molecular formula is C17H24N2O2. The molecule has 0 aliphatic heterocycles. The summed E-state index contributed by atoms with van der Waals surface area (Å²) in [5.41, 5.74) is 4.65. The fourth-order valence-electron chi connectivity index (χ4n) is 2.57. The van der Waals surface area contributed by atoms with Crippen LogP contribution in [0.15, 0.2) is 18.2 Å². The summed E-state index contributed by atoms with van der Waals surface area (Å²) in [5.74, 6) is 0.163. The summed E-state index contributed by atoms with van der Waals surface area (Å²) in [7, 11) is 0. The molecule has 1 heterocycles. The molecule has 3 N–H and O–H groups in total. The lowest BCUT2D eigenvalue weighted by Gasteiger charge is -2.09. The van der Waals surface area contributed by atoms with E-state index in [4.69, 9.17) is 0 Å². The molecule has 0 aliphatic carbocycles. The smallest absolute Gasteiger partial charge is 0.249 e. The molecule has 114 valence electrons. The number of rotatable bonds is 5. The van der Waals surface area contributed by atoms with Crippen LogP contribution in [0.3, 0.4) is 0 Å². The minimum absolute atomic E-state index is 0.324. The average molecular weight is 288 g/mol. The summed E-state index contributed by atoms with van der Waals surface area (Å²) in [5, 5.41) is 13.3. The van der Waals surface area contributed by atoms with Crippen molar-refractivity contribution in [1.82, 2.24) is 10.3 Å². The lowest BCUT2D eigenvalue weighted by Crippen LogP contribution is -2.33. The number of carbonyl (C=O) groups is 1. The van der Waals surface area contributed by atoms with Gasteiger partial charge in [-0.1, -0.05) is 20.8 Å². The lowest BCUT2D eigenvalue weighted by molar-refractivity contribution is -0.129. The Morgan fingerprint density at radius 2 is 2.05 bits per heavy atom. The third-order valence-corrected chi connectivity index (χ3v) is 3.83. The van der Waals surface area contributed by atoms with Gasteiger partial charge in [-0.2, -0.15) is 0 Å². The van der Waals surface area contributed by atoms with Crippen molar-refractivity contribution in [2.45, 2.75) is 52.7 Å². The topological polar surface area (TPSA) is 65.1 Å². The van der Waals surface area contributed by atoms with Crippen molar-refractivity contribution < 1.29 is 9.90 Å². The van der Waals surface area contributed by atoms with Crippen LogP contribution in [0, 0.1) is 6.92 Å². The van der Waals surface area contributed by atoms with E-state index in [1.807, 2.05) is 6.07 Å². The Morgan fingerprint density at radius 1 is 1.33 bits per heavy atom. The molecule has 0 fully saturated rings. The quantitative estimate of drug-likeness (QED) is 0.792. The molecule has 1 aromatic carbocycles. The molecule has 4 heteroatoms. The molecule has 0 radical (unpaired) electrons. The van der Waals surface area contributed by atoms with Crippen molar-refractivity contribution in [2.75, 3.05) is 0 Å². The normalized spacial score (nSPS) is 12.9. The van der Waals surface area contributed by atoms with Crippen LogP contribution >= 0.6 is 0 Å². The van der Waals surface area contributed by atoms with Crippen LogP contribution in [-0.2, 0) is 11.3 Å². The van der Waals surface area contributed by atoms with Crippen molar-refractivity contribution >= 4 is 16.8 Å². The zero-order valence-corrected chi connectivity index (χ0v) is 13.2. The van der Waals surface area contributed by atoms with Gasteiger partial charge in [-0.05, 0) is 54.0 Å². The van der Waals surface area contributed by atoms with Crippen LogP contribution in [0.25, 0.3) is 10.9 Å². The number of carbonyl (C=O) groups excluding carboxylic acids is 1. The minimum Gasteiger partial charge on any atom is -0.383 e. The number of hydrogen-bond acceptors (Lipinski definition) is 2. The summed E-state index contributed by atoms with van der Waals surface area (Å²) >= 11 is 0. The standard InChI is InChI=1S/C17H24N2O2/c1-5-16(20)17(21)18-9-13-7-12-6-11(4)14(10(2)3)8-15(12)19-13/h6-8,10,16,19-20H,5,9H2,1-4H3,(H,18,21). The third kappa shape index (κ3) is 3.45. The number of nitrogens with one attached hydrogen (secondary N) is 2. The first-order valence-electron chi connectivity index (χ1n) is 7.50. The molecule has 0 saturated carbocycles. The number of benzene rings is 1. The van der Waals surface area contributed by atoms with Crippen molar-refractivity contribution in [3.05, 3.63) is 35.0 Å². The van der Waals surface area contributed by atoms with Gasteiger partial charge in [0, 0.05) is 11.2 Å². The van der Waals surface area contributed by atoms with Gasteiger partial charge < -0.3 is 15.4 Å². The fourth-order valence-corrected chi connectivity index (χ4v) is 2.57. The van der Waals surface area contributed by atoms with Crippen LogP contribution in [0.4, 0.5) is 0 Å². The minimum atomic E-state index is -0.927. The Bertz CT molecular complexity index is 644. The van der Waals surface area contributed by atoms with E-state index in [0.717, 1.165) is 16.6 Å². The Kier molecular flexibility index (Phi) is 4.68. The van der Waals surface area contributed by atoms with E-state index in [2.05, 4.69) is 43.2 Å². The Balaban J connectivity index is 2.18. The molecule has 1 unspecified atom stereocenters. The highest BCUT2D eigenvalue weighted by atomic mass is 16.3. The van der Waals surface area contributed by atoms with Crippen molar-refractivity contribution in [1.29, 1.82) is 0 Å². The highest BCUT2D eigenvalue weighted by Gasteiger charge is 2.12. The van der Waals surface area contributed by atoms with Crippen molar-refractivity contribution in [2.24, 2.45) is 0 Å². The predicted octanol–water partition coefficient (Wildman–Crippen LogP) is 2.99. The van der Waals surface area contributed by atoms with E-state index in [0.29, 0.717) is 18.9 Å². The molecule has 0 aliphatic rings. The highest BCUT2D eigenvalue weighted by Crippen LogP contribution is 2.25. The van der Waals surface area contributed by atoms with E-state index < -0.39 is 6.10 Å². The maximum absolute atomic E-state index is 11.6. The first-order valence-corrected chi connectivity index (χ1v) is 7.50. The number of aliphatic hydroxyl groups excluding tert-OH is 1.